The van der Waals surface area contributed by atoms with Crippen molar-refractivity contribution in [3.63, 3.8) is 0 Å². The van der Waals surface area contributed by atoms with Gasteiger partial charge in [0.2, 0.25) is 0 Å². The van der Waals surface area contributed by atoms with Crippen molar-refractivity contribution >= 4 is 5.78 Å². The lowest BCUT2D eigenvalue weighted by Gasteiger charge is -2.34. The Bertz CT molecular complexity index is 423. The second kappa shape index (κ2) is 9.45. The highest BCUT2D eigenvalue weighted by Gasteiger charge is 2.34. The van der Waals surface area contributed by atoms with Gasteiger partial charge in [0.05, 0.1) is 13.1 Å². The van der Waals surface area contributed by atoms with E-state index < -0.39 is 5.23 Å². The molecule has 1 heterocycles. The standard InChI is InChI=1S/C20H36N2O3/c23-20(18-9-4-10-19(13-18)22(24)25)15-21-11-5-8-17(14-21)12-16-6-2-1-3-7-16/h16-19,22,24H,1-15H2/p+1. The molecule has 0 amide bonds. The molecule has 0 radical (unpaired) electrons. The van der Waals surface area contributed by atoms with Gasteiger partial charge in [0.1, 0.15) is 12.6 Å². The first kappa shape index (κ1) is 19.3. The number of quaternary nitrogens is 2. The van der Waals surface area contributed by atoms with E-state index in [0.717, 1.165) is 44.2 Å². The van der Waals surface area contributed by atoms with Crippen molar-refractivity contribution in [2.75, 3.05) is 19.6 Å². The van der Waals surface area contributed by atoms with Crippen LogP contribution in [0, 0.1) is 23.0 Å². The highest BCUT2D eigenvalue weighted by Crippen LogP contribution is 2.30. The quantitative estimate of drug-likeness (QED) is 0.628. The summed E-state index contributed by atoms with van der Waals surface area (Å²) in [7, 11) is 0. The summed E-state index contributed by atoms with van der Waals surface area (Å²) in [6.45, 7) is 2.93. The molecular weight excluding hydrogens is 316 g/mol. The summed E-state index contributed by atoms with van der Waals surface area (Å²) in [6, 6.07) is -0.293. The van der Waals surface area contributed by atoms with Crippen LogP contribution in [0.25, 0.3) is 0 Å². The van der Waals surface area contributed by atoms with Crippen LogP contribution < -0.4 is 10.1 Å². The number of hydroxylamine groups is 2. The van der Waals surface area contributed by atoms with Gasteiger partial charge in [-0.15, -0.1) is 0 Å². The second-order valence-corrected chi connectivity index (χ2v) is 8.99. The molecule has 2 saturated carbocycles. The molecular formula is C20H37N2O3+. The molecule has 0 aromatic carbocycles. The highest BCUT2D eigenvalue weighted by molar-refractivity contribution is 5.82. The van der Waals surface area contributed by atoms with Gasteiger partial charge in [0, 0.05) is 24.7 Å². The predicted octanol–water partition coefficient (Wildman–Crippen LogP) is 1.15. The van der Waals surface area contributed by atoms with Gasteiger partial charge >= 0.3 is 0 Å². The second-order valence-electron chi connectivity index (χ2n) is 8.99. The van der Waals surface area contributed by atoms with E-state index in [1.165, 1.54) is 56.3 Å². The maximum Gasteiger partial charge on any atom is 0.190 e. The van der Waals surface area contributed by atoms with E-state index in [4.69, 9.17) is 0 Å². The highest BCUT2D eigenvalue weighted by atomic mass is 16.8. The zero-order valence-electron chi connectivity index (χ0n) is 15.7. The molecule has 3 fully saturated rings. The smallest absolute Gasteiger partial charge is 0.190 e. The zero-order chi connectivity index (χ0) is 17.6. The minimum Gasteiger partial charge on any atom is -0.600 e. The zero-order valence-corrected chi connectivity index (χ0v) is 15.7. The molecule has 1 aliphatic heterocycles. The third kappa shape index (κ3) is 5.75. The van der Waals surface area contributed by atoms with E-state index in [2.05, 4.69) is 0 Å². The van der Waals surface area contributed by atoms with Gasteiger partial charge < -0.3 is 10.1 Å². The summed E-state index contributed by atoms with van der Waals surface area (Å²) in [6.07, 6.45) is 14.2. The van der Waals surface area contributed by atoms with Gasteiger partial charge in [0.25, 0.3) is 0 Å². The molecule has 5 heteroatoms. The first-order valence-corrected chi connectivity index (χ1v) is 10.7. The van der Waals surface area contributed by atoms with Crippen LogP contribution in [0.5, 0.6) is 0 Å². The minimum absolute atomic E-state index is 0.000992. The lowest BCUT2D eigenvalue weighted by atomic mass is 9.80. The molecule has 25 heavy (non-hydrogen) atoms. The normalized spacial score (nSPS) is 36.1. The average Bonchev–Trinajstić information content (AvgIpc) is 2.63. The van der Waals surface area contributed by atoms with Crippen LogP contribution >= 0.6 is 0 Å². The molecule has 0 aromatic heterocycles. The maximum atomic E-state index is 12.7. The molecule has 0 spiro atoms. The third-order valence-corrected chi connectivity index (χ3v) is 7.01. The van der Waals surface area contributed by atoms with E-state index in [-0.39, 0.29) is 12.0 Å². The van der Waals surface area contributed by atoms with Crippen molar-refractivity contribution in [2.24, 2.45) is 17.8 Å². The summed E-state index contributed by atoms with van der Waals surface area (Å²) in [5.41, 5.74) is 0. The maximum absolute atomic E-state index is 12.7. The Labute approximate surface area is 152 Å². The van der Waals surface area contributed by atoms with Crippen molar-refractivity contribution in [1.82, 2.24) is 0 Å². The van der Waals surface area contributed by atoms with Crippen LogP contribution in [0.3, 0.4) is 0 Å². The number of hydrogen-bond acceptors (Lipinski definition) is 3. The Hall–Kier alpha value is -0.490. The topological polar surface area (TPSA) is 69.2 Å². The lowest BCUT2D eigenvalue weighted by molar-refractivity contribution is -1.07. The molecule has 1 saturated heterocycles. The number of Topliss-reactive ketones (excluding diaryl/α,β-unsaturated/α-hetero) is 1. The summed E-state index contributed by atoms with van der Waals surface area (Å²) in [5, 5.41) is 19.7. The summed E-state index contributed by atoms with van der Waals surface area (Å²) >= 11 is 0. The molecule has 5 unspecified atom stereocenters. The van der Waals surface area contributed by atoms with Gasteiger partial charge in [0.15, 0.2) is 5.78 Å². The molecule has 0 bridgehead atoms. The number of ketones is 1. The van der Waals surface area contributed by atoms with Crippen LogP contribution in [-0.4, -0.2) is 36.7 Å². The summed E-state index contributed by atoms with van der Waals surface area (Å²) in [5.74, 6) is 2.07. The van der Waals surface area contributed by atoms with Crippen molar-refractivity contribution in [3.05, 3.63) is 5.21 Å². The van der Waals surface area contributed by atoms with E-state index in [9.17, 15) is 15.2 Å². The fourth-order valence-electron chi connectivity index (χ4n) is 5.61. The van der Waals surface area contributed by atoms with Crippen LogP contribution in [0.15, 0.2) is 0 Å². The Balaban J connectivity index is 1.44. The van der Waals surface area contributed by atoms with Crippen molar-refractivity contribution in [3.8, 4) is 0 Å². The largest absolute Gasteiger partial charge is 0.600 e. The van der Waals surface area contributed by atoms with E-state index in [0.29, 0.717) is 18.7 Å². The fourth-order valence-corrected chi connectivity index (χ4v) is 5.61. The molecule has 3 aliphatic rings. The van der Waals surface area contributed by atoms with Gasteiger partial charge in [-0.1, -0.05) is 32.1 Å². The fraction of sp³-hybridized carbons (Fsp3) is 0.950. The monoisotopic (exact) mass is 353 g/mol. The number of carbonyl (C=O) groups is 1. The Kier molecular flexibility index (Phi) is 7.28. The Morgan fingerprint density at radius 2 is 1.76 bits per heavy atom. The number of hydrogen-bond donors (Lipinski definition) is 3. The Morgan fingerprint density at radius 1 is 1.00 bits per heavy atom. The van der Waals surface area contributed by atoms with Gasteiger partial charge in [-0.05, 0) is 38.0 Å². The molecule has 3 rings (SSSR count). The Morgan fingerprint density at radius 3 is 2.52 bits per heavy atom. The average molecular weight is 354 g/mol. The number of carbonyl (C=O) groups excluding carboxylic acids is 1. The van der Waals surface area contributed by atoms with Crippen LogP contribution in [-0.2, 0) is 4.79 Å². The number of rotatable bonds is 6. The number of nitrogens with one attached hydrogen (secondary N) is 2. The van der Waals surface area contributed by atoms with Gasteiger partial charge in [-0.25, -0.2) is 10.4 Å². The molecule has 5 atom stereocenters. The van der Waals surface area contributed by atoms with E-state index in [1.54, 1.807) is 0 Å². The van der Waals surface area contributed by atoms with Crippen LogP contribution in [0.1, 0.15) is 77.0 Å². The van der Waals surface area contributed by atoms with Gasteiger partial charge in [-0.3, -0.25) is 4.79 Å². The number of likely N-dealkylation sites (tertiary alicyclic amines) is 1. The minimum atomic E-state index is -0.713. The van der Waals surface area contributed by atoms with E-state index >= 15 is 0 Å². The summed E-state index contributed by atoms with van der Waals surface area (Å²) < 4.78 is 0. The molecule has 2 aliphatic carbocycles. The van der Waals surface area contributed by atoms with Crippen molar-refractivity contribution in [2.45, 2.75) is 83.1 Å². The third-order valence-electron chi connectivity index (χ3n) is 7.01. The van der Waals surface area contributed by atoms with Crippen LogP contribution in [0.4, 0.5) is 0 Å². The summed E-state index contributed by atoms with van der Waals surface area (Å²) in [4.78, 5) is 14.2. The predicted molar refractivity (Wildman–Crippen MR) is 96.3 cm³/mol. The lowest BCUT2D eigenvalue weighted by Crippen LogP contribution is -3.14. The van der Waals surface area contributed by atoms with Crippen LogP contribution in [0.2, 0.25) is 0 Å². The number of piperidine rings is 1. The van der Waals surface area contributed by atoms with E-state index in [1.807, 2.05) is 0 Å². The van der Waals surface area contributed by atoms with Crippen molar-refractivity contribution < 1.29 is 20.1 Å². The van der Waals surface area contributed by atoms with Gasteiger partial charge in [-0.2, -0.15) is 0 Å². The molecule has 5 nitrogen and oxygen atoms in total. The SMILES string of the molecule is O=C(C[NH+]1CCCC(CC2CCCCC2)C1)C1CCCC([NH+]([O-])O)C1. The molecule has 3 N–H and O–H groups in total. The van der Waals surface area contributed by atoms with Crippen molar-refractivity contribution in [1.29, 1.82) is 0 Å². The first-order chi connectivity index (χ1) is 12.1. The molecule has 144 valence electrons. The molecule has 0 aromatic rings. The first-order valence-electron chi connectivity index (χ1n) is 10.7.